The first kappa shape index (κ1) is 16.8. The number of nitro groups is 1. The van der Waals surface area contributed by atoms with Crippen molar-refractivity contribution in [1.82, 2.24) is 4.98 Å². The van der Waals surface area contributed by atoms with Crippen molar-refractivity contribution in [2.24, 2.45) is 0 Å². The molecule has 1 heterocycles. The quantitative estimate of drug-likeness (QED) is 0.515. The smallest absolute Gasteiger partial charge is 0.303 e. The topological polar surface area (TPSA) is 93.3 Å². The highest BCUT2D eigenvalue weighted by atomic mass is 32.1. The second-order valence-corrected chi connectivity index (χ2v) is 6.40. The fourth-order valence-corrected chi connectivity index (χ4v) is 3.46. The zero-order chi connectivity index (χ0) is 17.8. The van der Waals surface area contributed by atoms with Gasteiger partial charge in [-0.15, -0.1) is 11.3 Å². The second-order valence-electron chi connectivity index (χ2n) is 5.37. The standard InChI is InChI=1S/C18H14N2O4S/c21-17(22)10-9-13(11-12-5-1-3-7-15(12)20(23)24)18-19-14-6-2-4-8-16(14)25-18/h1-8,11H,9-10H2,(H,21,22)/b13-11+. The summed E-state index contributed by atoms with van der Waals surface area (Å²) in [5.74, 6) is -0.922. The number of carboxylic acids is 1. The van der Waals surface area contributed by atoms with E-state index in [9.17, 15) is 14.9 Å². The number of para-hydroxylation sites is 2. The van der Waals surface area contributed by atoms with Gasteiger partial charge in [-0.3, -0.25) is 14.9 Å². The van der Waals surface area contributed by atoms with Gasteiger partial charge in [-0.25, -0.2) is 4.98 Å². The van der Waals surface area contributed by atoms with Gasteiger partial charge >= 0.3 is 5.97 Å². The van der Waals surface area contributed by atoms with Crippen molar-refractivity contribution < 1.29 is 14.8 Å². The first-order valence-electron chi connectivity index (χ1n) is 7.56. The molecule has 3 rings (SSSR count). The molecular weight excluding hydrogens is 340 g/mol. The Kier molecular flexibility index (Phi) is 4.85. The summed E-state index contributed by atoms with van der Waals surface area (Å²) in [5, 5.41) is 20.9. The van der Waals surface area contributed by atoms with Gasteiger partial charge in [-0.05, 0) is 36.3 Å². The molecule has 0 saturated carbocycles. The lowest BCUT2D eigenvalue weighted by atomic mass is 10.1. The van der Waals surface area contributed by atoms with Gasteiger partial charge in [0.1, 0.15) is 5.01 Å². The molecule has 25 heavy (non-hydrogen) atoms. The number of thiazole rings is 1. The van der Waals surface area contributed by atoms with Crippen LogP contribution >= 0.6 is 11.3 Å². The molecule has 1 N–H and O–H groups in total. The average molecular weight is 354 g/mol. The minimum Gasteiger partial charge on any atom is -0.481 e. The van der Waals surface area contributed by atoms with E-state index in [1.54, 1.807) is 24.3 Å². The Morgan fingerprint density at radius 3 is 2.60 bits per heavy atom. The summed E-state index contributed by atoms with van der Waals surface area (Å²) in [4.78, 5) is 26.3. The van der Waals surface area contributed by atoms with Crippen molar-refractivity contribution in [3.05, 3.63) is 69.2 Å². The van der Waals surface area contributed by atoms with Crippen LogP contribution in [0.1, 0.15) is 23.4 Å². The summed E-state index contributed by atoms with van der Waals surface area (Å²) in [5.41, 5.74) is 1.92. The predicted molar refractivity (Wildman–Crippen MR) is 97.5 cm³/mol. The Bertz CT molecular complexity index is 945. The zero-order valence-electron chi connectivity index (χ0n) is 13.1. The van der Waals surface area contributed by atoms with Gasteiger partial charge in [0.15, 0.2) is 0 Å². The maximum Gasteiger partial charge on any atom is 0.303 e. The van der Waals surface area contributed by atoms with Crippen LogP contribution in [0, 0.1) is 10.1 Å². The summed E-state index contributed by atoms with van der Waals surface area (Å²) in [7, 11) is 0. The van der Waals surface area contributed by atoms with Gasteiger partial charge in [0.25, 0.3) is 5.69 Å². The summed E-state index contributed by atoms with van der Waals surface area (Å²) in [6, 6.07) is 14.0. The number of aromatic nitrogens is 1. The molecule has 0 atom stereocenters. The van der Waals surface area contributed by atoms with Crippen molar-refractivity contribution in [3.8, 4) is 0 Å². The largest absolute Gasteiger partial charge is 0.481 e. The number of nitrogens with zero attached hydrogens (tertiary/aromatic N) is 2. The number of hydrogen-bond acceptors (Lipinski definition) is 5. The molecule has 3 aromatic rings. The third-order valence-electron chi connectivity index (χ3n) is 3.64. The van der Waals surface area contributed by atoms with Crippen molar-refractivity contribution in [2.75, 3.05) is 0 Å². The van der Waals surface area contributed by atoms with Gasteiger partial charge in [0.05, 0.1) is 20.7 Å². The van der Waals surface area contributed by atoms with E-state index in [0.717, 1.165) is 10.2 Å². The van der Waals surface area contributed by atoms with Gasteiger partial charge in [-0.2, -0.15) is 0 Å². The molecule has 0 unspecified atom stereocenters. The third kappa shape index (κ3) is 3.89. The molecule has 2 aromatic carbocycles. The van der Waals surface area contributed by atoms with E-state index in [-0.39, 0.29) is 18.5 Å². The molecule has 0 aliphatic carbocycles. The zero-order valence-corrected chi connectivity index (χ0v) is 13.9. The number of benzene rings is 2. The minimum atomic E-state index is -0.922. The Morgan fingerprint density at radius 2 is 1.88 bits per heavy atom. The number of rotatable bonds is 6. The van der Waals surface area contributed by atoms with E-state index < -0.39 is 10.9 Å². The molecular formula is C18H14N2O4S. The van der Waals surface area contributed by atoms with E-state index in [1.807, 2.05) is 24.3 Å². The fourth-order valence-electron chi connectivity index (χ4n) is 2.46. The molecule has 0 bridgehead atoms. The lowest BCUT2D eigenvalue weighted by Gasteiger charge is -2.04. The van der Waals surface area contributed by atoms with Crippen LogP contribution in [0.5, 0.6) is 0 Å². The van der Waals surface area contributed by atoms with Crippen molar-refractivity contribution in [1.29, 1.82) is 0 Å². The van der Waals surface area contributed by atoms with Gasteiger partial charge < -0.3 is 5.11 Å². The molecule has 0 spiro atoms. The molecule has 0 saturated heterocycles. The molecule has 0 aliphatic rings. The molecule has 126 valence electrons. The van der Waals surface area contributed by atoms with E-state index in [2.05, 4.69) is 4.98 Å². The number of carboxylic acid groups (broad SMARTS) is 1. The first-order chi connectivity index (χ1) is 12.0. The number of aliphatic carboxylic acids is 1. The van der Waals surface area contributed by atoms with Crippen LogP contribution in [0.2, 0.25) is 0 Å². The normalized spacial score (nSPS) is 11.6. The Hall–Kier alpha value is -3.06. The Labute approximate surface area is 147 Å². The molecule has 1 aromatic heterocycles. The minimum absolute atomic E-state index is 0.0172. The maximum atomic E-state index is 11.2. The summed E-state index contributed by atoms with van der Waals surface area (Å²) >= 11 is 1.45. The molecule has 0 fully saturated rings. The highest BCUT2D eigenvalue weighted by Gasteiger charge is 2.15. The third-order valence-corrected chi connectivity index (χ3v) is 4.75. The lowest BCUT2D eigenvalue weighted by molar-refractivity contribution is -0.385. The van der Waals surface area contributed by atoms with E-state index in [0.29, 0.717) is 16.1 Å². The monoisotopic (exact) mass is 354 g/mol. The van der Waals surface area contributed by atoms with E-state index >= 15 is 0 Å². The van der Waals surface area contributed by atoms with Crippen molar-refractivity contribution in [3.63, 3.8) is 0 Å². The first-order valence-corrected chi connectivity index (χ1v) is 8.38. The van der Waals surface area contributed by atoms with Crippen LogP contribution in [0.4, 0.5) is 5.69 Å². The molecule has 7 heteroatoms. The molecule has 0 amide bonds. The highest BCUT2D eigenvalue weighted by molar-refractivity contribution is 7.19. The second kappa shape index (κ2) is 7.23. The van der Waals surface area contributed by atoms with Crippen LogP contribution in [-0.4, -0.2) is 21.0 Å². The Balaban J connectivity index is 2.08. The van der Waals surface area contributed by atoms with Crippen LogP contribution < -0.4 is 0 Å². The number of fused-ring (bicyclic) bond motifs is 1. The molecule has 6 nitrogen and oxygen atoms in total. The van der Waals surface area contributed by atoms with Gasteiger partial charge in [0.2, 0.25) is 0 Å². The fraction of sp³-hybridized carbons (Fsp3) is 0.111. The SMILES string of the molecule is O=C(O)CC/C(=C\c1ccccc1[N+](=O)[O-])c1nc2ccccc2s1. The van der Waals surface area contributed by atoms with Gasteiger partial charge in [-0.1, -0.05) is 24.3 Å². The predicted octanol–water partition coefficient (Wildman–Crippen LogP) is 4.61. The van der Waals surface area contributed by atoms with Crippen molar-refractivity contribution >= 4 is 44.9 Å². The Morgan fingerprint density at radius 1 is 1.16 bits per heavy atom. The number of nitro benzene ring substituents is 1. The maximum absolute atomic E-state index is 11.2. The number of allylic oxidation sites excluding steroid dienone is 1. The number of hydrogen-bond donors (Lipinski definition) is 1. The summed E-state index contributed by atoms with van der Waals surface area (Å²) in [6.07, 6.45) is 1.85. The number of carbonyl (C=O) groups is 1. The van der Waals surface area contributed by atoms with Crippen LogP contribution in [-0.2, 0) is 4.79 Å². The van der Waals surface area contributed by atoms with Crippen LogP contribution in [0.15, 0.2) is 48.5 Å². The summed E-state index contributed by atoms with van der Waals surface area (Å²) < 4.78 is 0.987. The molecule has 0 radical (unpaired) electrons. The van der Waals surface area contributed by atoms with Crippen LogP contribution in [0.25, 0.3) is 21.9 Å². The lowest BCUT2D eigenvalue weighted by Crippen LogP contribution is -1.96. The summed E-state index contributed by atoms with van der Waals surface area (Å²) in [6.45, 7) is 0. The van der Waals surface area contributed by atoms with E-state index in [4.69, 9.17) is 5.11 Å². The highest BCUT2D eigenvalue weighted by Crippen LogP contribution is 2.32. The van der Waals surface area contributed by atoms with Crippen molar-refractivity contribution in [2.45, 2.75) is 12.8 Å². The molecule has 0 aliphatic heterocycles. The van der Waals surface area contributed by atoms with Gasteiger partial charge in [0, 0.05) is 12.5 Å². The van der Waals surface area contributed by atoms with Crippen LogP contribution in [0.3, 0.4) is 0 Å². The van der Waals surface area contributed by atoms with E-state index in [1.165, 1.54) is 17.4 Å². The average Bonchev–Trinajstić information content (AvgIpc) is 3.02.